The van der Waals surface area contributed by atoms with Gasteiger partial charge in [0.05, 0.1) is 16.7 Å². The maximum absolute atomic E-state index is 5.08. The summed E-state index contributed by atoms with van der Waals surface area (Å²) >= 11 is 0. The summed E-state index contributed by atoms with van der Waals surface area (Å²) in [6.07, 6.45) is 32.4. The third-order valence-electron chi connectivity index (χ3n) is 9.56. The number of aliphatic imine (C=N–C) groups is 1. The smallest absolute Gasteiger partial charge is 0.0704 e. The quantitative estimate of drug-likeness (QED) is 0.111. The van der Waals surface area contributed by atoms with E-state index in [-0.39, 0.29) is 0 Å². The Morgan fingerprint density at radius 1 is 0.679 bits per heavy atom. The van der Waals surface area contributed by atoms with Crippen molar-refractivity contribution in [3.05, 3.63) is 248 Å². The molecule has 0 aliphatic carbocycles. The number of nitrogens with one attached hydrogen (secondary N) is 1. The zero-order valence-corrected chi connectivity index (χ0v) is 31.7. The van der Waals surface area contributed by atoms with Crippen LogP contribution in [0, 0.1) is 0 Å². The van der Waals surface area contributed by atoms with Crippen LogP contribution in [0.1, 0.15) is 18.1 Å². The van der Waals surface area contributed by atoms with Gasteiger partial charge in [-0.25, -0.2) is 0 Å². The molecule has 272 valence electrons. The normalized spacial score (nSPS) is 16.0. The van der Waals surface area contributed by atoms with E-state index in [1.54, 1.807) is 6.08 Å². The molecule has 0 saturated heterocycles. The molecule has 0 atom stereocenters. The standard InChI is InChI=1S/C53H45N3/c1-3-4-5-6-7-18-37-55-51(38-41(2)42-29-31-44(32-30-42)43-21-10-8-11-22-43)47-24-17-20-36-54-35-19-16-23-45(39-47)46-33-34-53-50(40-46)49-27-14-15-28-52(49)56(53)48-25-12-9-13-26-48/h3-35,37-40,54H,1,36H2,2H3/b5-4+,7-6-,20-17-,23-16+,35-19+,37-18-,41-38+,45-39?,47-24?,55-51+. The Morgan fingerprint density at radius 3 is 2.20 bits per heavy atom. The first-order valence-corrected chi connectivity index (χ1v) is 19.0. The van der Waals surface area contributed by atoms with Gasteiger partial charge in [0.2, 0.25) is 0 Å². The van der Waals surface area contributed by atoms with Gasteiger partial charge in [-0.15, -0.1) is 0 Å². The molecular weight excluding hydrogens is 679 g/mol. The van der Waals surface area contributed by atoms with Crippen molar-refractivity contribution >= 4 is 38.7 Å². The molecule has 1 N–H and O–H groups in total. The van der Waals surface area contributed by atoms with Crippen molar-refractivity contribution in [1.82, 2.24) is 9.88 Å². The zero-order valence-electron chi connectivity index (χ0n) is 31.7. The van der Waals surface area contributed by atoms with E-state index in [1.165, 1.54) is 32.9 Å². The van der Waals surface area contributed by atoms with Gasteiger partial charge in [-0.05, 0) is 101 Å². The van der Waals surface area contributed by atoms with Crippen LogP contribution in [0.2, 0.25) is 0 Å². The molecular formula is C53H45N3. The number of nitrogens with zero attached hydrogens (tertiary/aromatic N) is 2. The summed E-state index contributed by atoms with van der Waals surface area (Å²) in [6, 6.07) is 45.3. The number of rotatable bonds is 10. The SMILES string of the molecule is C=C/C=C/C=C\C=C/N=C(\C=C(/C)c1ccc(-c2ccccc2)cc1)C1=C/C=C\CN/C=C/C=C/C(c2ccc3c(c2)c2ccccc2n3-c2ccccc2)=C1. The Labute approximate surface area is 330 Å². The Morgan fingerprint density at radius 2 is 1.38 bits per heavy atom. The average Bonchev–Trinajstić information content (AvgIpc) is 3.57. The Hall–Kier alpha value is -7.23. The lowest BCUT2D eigenvalue weighted by Crippen LogP contribution is -2.03. The van der Waals surface area contributed by atoms with Crippen LogP contribution in [0.5, 0.6) is 0 Å². The van der Waals surface area contributed by atoms with Gasteiger partial charge in [-0.2, -0.15) is 0 Å². The molecule has 56 heavy (non-hydrogen) atoms. The number of benzene rings is 5. The van der Waals surface area contributed by atoms with Gasteiger partial charge < -0.3 is 9.88 Å². The summed E-state index contributed by atoms with van der Waals surface area (Å²) in [5, 5.41) is 5.77. The minimum Gasteiger partial charge on any atom is -0.387 e. The van der Waals surface area contributed by atoms with Gasteiger partial charge in [-0.1, -0.05) is 164 Å². The minimum atomic E-state index is 0.713. The van der Waals surface area contributed by atoms with Crippen molar-refractivity contribution in [3.63, 3.8) is 0 Å². The molecule has 1 aliphatic rings. The lowest BCUT2D eigenvalue weighted by Gasteiger charge is -2.11. The van der Waals surface area contributed by atoms with Crippen LogP contribution in [0.25, 0.3) is 49.8 Å². The first kappa shape index (κ1) is 37.1. The molecule has 0 bridgehead atoms. The zero-order chi connectivity index (χ0) is 38.4. The predicted molar refractivity (Wildman–Crippen MR) is 243 cm³/mol. The van der Waals surface area contributed by atoms with Crippen LogP contribution < -0.4 is 5.32 Å². The summed E-state index contributed by atoms with van der Waals surface area (Å²) in [6.45, 7) is 6.62. The number of aromatic nitrogens is 1. The molecule has 0 unspecified atom stereocenters. The van der Waals surface area contributed by atoms with E-state index in [1.807, 2.05) is 54.9 Å². The van der Waals surface area contributed by atoms with E-state index in [4.69, 9.17) is 4.99 Å². The third-order valence-corrected chi connectivity index (χ3v) is 9.56. The molecule has 0 radical (unpaired) electrons. The fraction of sp³-hybridized carbons (Fsp3) is 0.0377. The molecule has 1 aliphatic heterocycles. The summed E-state index contributed by atoms with van der Waals surface area (Å²) in [4.78, 5) is 5.08. The fourth-order valence-corrected chi connectivity index (χ4v) is 6.75. The van der Waals surface area contributed by atoms with Crippen molar-refractivity contribution in [1.29, 1.82) is 0 Å². The maximum Gasteiger partial charge on any atom is 0.0704 e. The van der Waals surface area contributed by atoms with Crippen LogP contribution in [0.15, 0.2) is 242 Å². The lowest BCUT2D eigenvalue weighted by molar-refractivity contribution is 0.985. The summed E-state index contributed by atoms with van der Waals surface area (Å²) in [7, 11) is 0. The average molecular weight is 724 g/mol. The number of para-hydroxylation sites is 2. The second-order valence-electron chi connectivity index (χ2n) is 13.3. The third kappa shape index (κ3) is 9.10. The van der Waals surface area contributed by atoms with E-state index in [2.05, 4.69) is 187 Å². The summed E-state index contributed by atoms with van der Waals surface area (Å²) in [5.41, 5.74) is 12.1. The molecule has 0 saturated carbocycles. The first-order valence-electron chi connectivity index (χ1n) is 19.0. The molecule has 1 aromatic heterocycles. The van der Waals surface area contributed by atoms with Crippen molar-refractivity contribution in [2.45, 2.75) is 6.92 Å². The topological polar surface area (TPSA) is 29.3 Å². The van der Waals surface area contributed by atoms with E-state index in [0.717, 1.165) is 39.2 Å². The second-order valence-corrected chi connectivity index (χ2v) is 13.3. The van der Waals surface area contributed by atoms with Crippen molar-refractivity contribution < 1.29 is 0 Å². The Kier molecular flexibility index (Phi) is 12.4. The van der Waals surface area contributed by atoms with Gasteiger partial charge >= 0.3 is 0 Å². The highest BCUT2D eigenvalue weighted by atomic mass is 15.0. The molecule has 3 heteroatoms. The molecule has 0 amide bonds. The van der Waals surface area contributed by atoms with E-state index < -0.39 is 0 Å². The largest absolute Gasteiger partial charge is 0.387 e. The van der Waals surface area contributed by atoms with Gasteiger partial charge in [0, 0.05) is 34.8 Å². The summed E-state index contributed by atoms with van der Waals surface area (Å²) < 4.78 is 2.35. The van der Waals surface area contributed by atoms with E-state index in [0.29, 0.717) is 6.54 Å². The first-order chi connectivity index (χ1) is 27.7. The molecule has 3 nitrogen and oxygen atoms in total. The van der Waals surface area contributed by atoms with Gasteiger partial charge in [0.1, 0.15) is 0 Å². The van der Waals surface area contributed by atoms with Gasteiger partial charge in [0.15, 0.2) is 0 Å². The highest BCUT2D eigenvalue weighted by Gasteiger charge is 2.14. The highest BCUT2D eigenvalue weighted by molar-refractivity contribution is 6.15. The summed E-state index contributed by atoms with van der Waals surface area (Å²) in [5.74, 6) is 0. The molecule has 5 aromatic carbocycles. The molecule has 2 heterocycles. The molecule has 0 spiro atoms. The van der Waals surface area contributed by atoms with Crippen molar-refractivity contribution in [2.24, 2.45) is 4.99 Å². The van der Waals surface area contributed by atoms with Crippen LogP contribution >= 0.6 is 0 Å². The van der Waals surface area contributed by atoms with Crippen molar-refractivity contribution in [3.8, 4) is 16.8 Å². The van der Waals surface area contributed by atoms with Gasteiger partial charge in [0.25, 0.3) is 0 Å². The van der Waals surface area contributed by atoms with Crippen LogP contribution in [0.4, 0.5) is 0 Å². The van der Waals surface area contributed by atoms with Crippen molar-refractivity contribution in [2.75, 3.05) is 6.54 Å². The fourth-order valence-electron chi connectivity index (χ4n) is 6.75. The second kappa shape index (κ2) is 18.7. The predicted octanol–water partition coefficient (Wildman–Crippen LogP) is 13.3. The minimum absolute atomic E-state index is 0.713. The molecule has 6 aromatic rings. The lowest BCUT2D eigenvalue weighted by atomic mass is 9.96. The Balaban J connectivity index is 1.35. The number of hydrogen-bond acceptors (Lipinski definition) is 2. The number of allylic oxidation sites excluding steroid dienone is 16. The van der Waals surface area contributed by atoms with Crippen LogP contribution in [-0.4, -0.2) is 16.8 Å². The Bertz CT molecular complexity index is 2610. The van der Waals surface area contributed by atoms with Crippen LogP contribution in [-0.2, 0) is 0 Å². The number of hydrogen-bond donors (Lipinski definition) is 1. The highest BCUT2D eigenvalue weighted by Crippen LogP contribution is 2.34. The van der Waals surface area contributed by atoms with E-state index >= 15 is 0 Å². The van der Waals surface area contributed by atoms with Gasteiger partial charge in [-0.3, -0.25) is 4.99 Å². The van der Waals surface area contributed by atoms with E-state index in [9.17, 15) is 0 Å². The van der Waals surface area contributed by atoms with Crippen LogP contribution in [0.3, 0.4) is 0 Å². The maximum atomic E-state index is 5.08. The number of fused-ring (bicyclic) bond motifs is 3. The monoisotopic (exact) mass is 723 g/mol. The molecule has 0 fully saturated rings. The molecule has 7 rings (SSSR count).